The first-order chi connectivity index (χ1) is 10.3. The van der Waals surface area contributed by atoms with Gasteiger partial charge in [0, 0.05) is 12.5 Å². The quantitative estimate of drug-likeness (QED) is 0.746. The summed E-state index contributed by atoms with van der Waals surface area (Å²) in [6.07, 6.45) is 11.1. The van der Waals surface area contributed by atoms with Crippen LogP contribution in [0.1, 0.15) is 32.1 Å². The van der Waals surface area contributed by atoms with E-state index in [1.807, 2.05) is 4.90 Å². The first kappa shape index (κ1) is 14.8. The molecule has 0 radical (unpaired) electrons. The summed E-state index contributed by atoms with van der Waals surface area (Å²) in [6, 6.07) is 0.177. The van der Waals surface area contributed by atoms with Crippen LogP contribution in [-0.4, -0.2) is 48.8 Å². The van der Waals surface area contributed by atoms with Crippen LogP contribution in [0.2, 0.25) is 0 Å². The Morgan fingerprint density at radius 1 is 1.38 bits per heavy atom. The van der Waals surface area contributed by atoms with Crippen molar-refractivity contribution in [1.82, 2.24) is 4.90 Å². The summed E-state index contributed by atoms with van der Waals surface area (Å²) < 4.78 is 11.8. The van der Waals surface area contributed by atoms with Gasteiger partial charge < -0.3 is 14.4 Å². The molecule has 1 aliphatic heterocycles. The first-order valence-corrected chi connectivity index (χ1v) is 8.11. The Kier molecular flexibility index (Phi) is 4.76. The molecule has 1 saturated heterocycles. The highest BCUT2D eigenvalue weighted by atomic mass is 16.5. The third-order valence-corrected chi connectivity index (χ3v) is 4.86. The predicted molar refractivity (Wildman–Crippen MR) is 80.9 cm³/mol. The van der Waals surface area contributed by atoms with Crippen LogP contribution in [0.5, 0.6) is 0 Å². The maximum absolute atomic E-state index is 12.9. The van der Waals surface area contributed by atoms with Gasteiger partial charge >= 0.3 is 0 Å². The summed E-state index contributed by atoms with van der Waals surface area (Å²) in [6.45, 7) is 5.57. The molecule has 3 rings (SSSR count). The smallest absolute Gasteiger partial charge is 0.226 e. The normalized spacial score (nSPS) is 35.5. The minimum absolute atomic E-state index is 0.00795. The van der Waals surface area contributed by atoms with Crippen molar-refractivity contribution in [1.29, 1.82) is 0 Å². The van der Waals surface area contributed by atoms with Gasteiger partial charge in [-0.3, -0.25) is 4.79 Å². The van der Waals surface area contributed by atoms with E-state index < -0.39 is 0 Å². The minimum Gasteiger partial charge on any atom is -0.374 e. The van der Waals surface area contributed by atoms with E-state index >= 15 is 0 Å². The Bertz CT molecular complexity index is 420. The average molecular weight is 291 g/mol. The van der Waals surface area contributed by atoms with Crippen LogP contribution < -0.4 is 0 Å². The summed E-state index contributed by atoms with van der Waals surface area (Å²) in [7, 11) is 0. The van der Waals surface area contributed by atoms with Crippen LogP contribution >= 0.6 is 0 Å². The molecule has 2 fully saturated rings. The fourth-order valence-corrected chi connectivity index (χ4v) is 3.81. The van der Waals surface area contributed by atoms with Crippen molar-refractivity contribution in [2.75, 3.05) is 19.8 Å². The molecule has 1 saturated carbocycles. The van der Waals surface area contributed by atoms with Crippen molar-refractivity contribution in [3.05, 3.63) is 24.8 Å². The molecular weight excluding hydrogens is 266 g/mol. The number of carbonyl (C=O) groups excluding carboxylic acids is 1. The Balaban J connectivity index is 1.72. The maximum Gasteiger partial charge on any atom is 0.226 e. The van der Waals surface area contributed by atoms with Gasteiger partial charge in [0.25, 0.3) is 0 Å². The molecule has 1 heterocycles. The van der Waals surface area contributed by atoms with Crippen LogP contribution in [0.15, 0.2) is 24.8 Å². The highest BCUT2D eigenvalue weighted by Gasteiger charge is 2.45. The number of rotatable bonds is 4. The molecule has 0 aromatic heterocycles. The summed E-state index contributed by atoms with van der Waals surface area (Å²) >= 11 is 0. The number of fused-ring (bicyclic) bond motifs is 2. The summed E-state index contributed by atoms with van der Waals surface area (Å²) in [5, 5.41) is 0. The molecule has 4 heteroatoms. The lowest BCUT2D eigenvalue weighted by Gasteiger charge is -2.34. The van der Waals surface area contributed by atoms with Gasteiger partial charge in [0.05, 0.1) is 25.4 Å². The highest BCUT2D eigenvalue weighted by molar-refractivity contribution is 5.79. The van der Waals surface area contributed by atoms with E-state index in [2.05, 4.69) is 18.7 Å². The average Bonchev–Trinajstić information content (AvgIpc) is 2.81. The topological polar surface area (TPSA) is 38.8 Å². The molecule has 116 valence electrons. The molecule has 2 aliphatic carbocycles. The SMILES string of the molecule is C=CCO[C@@H]1[C@H]2CC[C@H]1OCCN2C(=O)[C@@H]1CC=CCC1. The Morgan fingerprint density at radius 3 is 3.05 bits per heavy atom. The third kappa shape index (κ3) is 3.06. The fourth-order valence-electron chi connectivity index (χ4n) is 3.81. The maximum atomic E-state index is 12.9. The van der Waals surface area contributed by atoms with Crippen LogP contribution in [0.3, 0.4) is 0 Å². The molecule has 2 bridgehead atoms. The van der Waals surface area contributed by atoms with Crippen molar-refractivity contribution in [3.63, 3.8) is 0 Å². The summed E-state index contributed by atoms with van der Waals surface area (Å²) in [4.78, 5) is 14.9. The number of nitrogens with zero attached hydrogens (tertiary/aromatic N) is 1. The van der Waals surface area contributed by atoms with Gasteiger partial charge in [-0.1, -0.05) is 18.2 Å². The van der Waals surface area contributed by atoms with Crippen LogP contribution in [0.25, 0.3) is 0 Å². The molecule has 4 atom stereocenters. The molecule has 4 nitrogen and oxygen atoms in total. The van der Waals surface area contributed by atoms with Gasteiger partial charge in [-0.05, 0) is 32.1 Å². The van der Waals surface area contributed by atoms with E-state index in [1.165, 1.54) is 0 Å². The molecule has 3 aliphatic rings. The largest absolute Gasteiger partial charge is 0.374 e. The zero-order chi connectivity index (χ0) is 14.7. The van der Waals surface area contributed by atoms with Crippen molar-refractivity contribution >= 4 is 5.91 Å². The number of hydrogen-bond acceptors (Lipinski definition) is 3. The summed E-state index contributed by atoms with van der Waals surface area (Å²) in [5.74, 6) is 0.440. The lowest BCUT2D eigenvalue weighted by molar-refractivity contribution is -0.140. The van der Waals surface area contributed by atoms with E-state index in [0.717, 1.165) is 32.1 Å². The third-order valence-electron chi connectivity index (χ3n) is 4.86. The number of hydrogen-bond donors (Lipinski definition) is 0. The number of carbonyl (C=O) groups is 1. The van der Waals surface area contributed by atoms with E-state index in [9.17, 15) is 4.79 Å². The van der Waals surface area contributed by atoms with E-state index in [0.29, 0.717) is 25.7 Å². The second kappa shape index (κ2) is 6.75. The number of ether oxygens (including phenoxy) is 2. The Labute approximate surface area is 126 Å². The Hall–Kier alpha value is -1.13. The lowest BCUT2D eigenvalue weighted by atomic mass is 9.92. The summed E-state index contributed by atoms with van der Waals surface area (Å²) in [5.41, 5.74) is 0. The zero-order valence-electron chi connectivity index (χ0n) is 12.6. The van der Waals surface area contributed by atoms with E-state index in [4.69, 9.17) is 9.47 Å². The monoisotopic (exact) mass is 291 g/mol. The van der Waals surface area contributed by atoms with Crippen molar-refractivity contribution in [3.8, 4) is 0 Å². The molecule has 0 spiro atoms. The molecule has 0 aromatic rings. The van der Waals surface area contributed by atoms with Crippen LogP contribution in [-0.2, 0) is 14.3 Å². The second-order valence-electron chi connectivity index (χ2n) is 6.15. The van der Waals surface area contributed by atoms with Gasteiger partial charge in [-0.25, -0.2) is 0 Å². The number of allylic oxidation sites excluding steroid dienone is 2. The second-order valence-corrected chi connectivity index (χ2v) is 6.15. The first-order valence-electron chi connectivity index (χ1n) is 8.11. The molecule has 0 N–H and O–H groups in total. The van der Waals surface area contributed by atoms with Crippen molar-refractivity contribution in [2.24, 2.45) is 5.92 Å². The molecule has 0 unspecified atom stereocenters. The zero-order valence-corrected chi connectivity index (χ0v) is 12.6. The molecular formula is C17H25NO3. The molecule has 0 aromatic carbocycles. The predicted octanol–water partition coefficient (Wildman–Crippen LogP) is 2.30. The van der Waals surface area contributed by atoms with Crippen LogP contribution in [0, 0.1) is 5.92 Å². The van der Waals surface area contributed by atoms with Gasteiger partial charge in [-0.2, -0.15) is 0 Å². The minimum atomic E-state index is 0.00795. The standard InChI is InChI=1S/C17H25NO3/c1-2-11-21-16-14-8-9-15(16)20-12-10-18(14)17(19)13-6-4-3-5-7-13/h2-4,13-16H,1,5-12H2/t13-,14-,15-,16-/m1/s1. The van der Waals surface area contributed by atoms with Crippen LogP contribution in [0.4, 0.5) is 0 Å². The van der Waals surface area contributed by atoms with Gasteiger partial charge in [0.15, 0.2) is 0 Å². The van der Waals surface area contributed by atoms with E-state index in [1.54, 1.807) is 6.08 Å². The fraction of sp³-hybridized carbons (Fsp3) is 0.706. The van der Waals surface area contributed by atoms with Crippen molar-refractivity contribution in [2.45, 2.75) is 50.4 Å². The lowest BCUT2D eigenvalue weighted by Crippen LogP contribution is -2.48. The van der Waals surface area contributed by atoms with E-state index in [-0.39, 0.29) is 24.2 Å². The molecule has 1 amide bonds. The van der Waals surface area contributed by atoms with Gasteiger partial charge in [0.1, 0.15) is 6.10 Å². The molecule has 21 heavy (non-hydrogen) atoms. The number of amides is 1. The highest BCUT2D eigenvalue weighted by Crippen LogP contribution is 2.34. The van der Waals surface area contributed by atoms with Gasteiger partial charge in [-0.15, -0.1) is 6.58 Å². The van der Waals surface area contributed by atoms with Crippen molar-refractivity contribution < 1.29 is 14.3 Å². The van der Waals surface area contributed by atoms with Gasteiger partial charge in [0.2, 0.25) is 5.91 Å². The Morgan fingerprint density at radius 2 is 2.29 bits per heavy atom.